The maximum Gasteiger partial charge on any atom is 0.513 e. The summed E-state index contributed by atoms with van der Waals surface area (Å²) in [5.41, 5.74) is 1.83. The molecule has 10 nitrogen and oxygen atoms in total. The van der Waals surface area contributed by atoms with Gasteiger partial charge in [0.25, 0.3) is 5.91 Å². The lowest BCUT2D eigenvalue weighted by molar-refractivity contribution is 0.0895. The first-order valence-electron chi connectivity index (χ1n) is 12.5. The zero-order valence-corrected chi connectivity index (χ0v) is 22.3. The second-order valence-electron chi connectivity index (χ2n) is 9.53. The van der Waals surface area contributed by atoms with Crippen molar-refractivity contribution >= 4 is 46.0 Å². The van der Waals surface area contributed by atoms with Gasteiger partial charge in [0.2, 0.25) is 0 Å². The number of likely N-dealkylation sites (tertiary alicyclic amines) is 1. The van der Waals surface area contributed by atoms with Crippen molar-refractivity contribution in [2.75, 3.05) is 20.2 Å². The summed E-state index contributed by atoms with van der Waals surface area (Å²) >= 11 is 7.47. The molecule has 6 rings (SSSR count). The Kier molecular flexibility index (Phi) is 6.81. The summed E-state index contributed by atoms with van der Waals surface area (Å²) in [5, 5.41) is 7.40. The summed E-state index contributed by atoms with van der Waals surface area (Å²) in [4.78, 5) is 33.1. The van der Waals surface area contributed by atoms with Crippen LogP contribution in [0.25, 0.3) is 21.7 Å². The minimum Gasteiger partial charge on any atom is -0.437 e. The van der Waals surface area contributed by atoms with Crippen LogP contribution in [0.2, 0.25) is 4.34 Å². The number of piperidine rings is 1. The van der Waals surface area contributed by atoms with E-state index in [-0.39, 0.29) is 30.1 Å². The van der Waals surface area contributed by atoms with Crippen molar-refractivity contribution in [1.82, 2.24) is 24.9 Å². The lowest BCUT2D eigenvalue weighted by Gasteiger charge is -2.32. The minimum absolute atomic E-state index is 0.0891. The Hall–Kier alpha value is -3.41. The highest BCUT2D eigenvalue weighted by molar-refractivity contribution is 7.19. The van der Waals surface area contributed by atoms with Gasteiger partial charge in [0.1, 0.15) is 11.4 Å². The number of amides is 1. The van der Waals surface area contributed by atoms with E-state index in [1.165, 1.54) is 31.3 Å². The van der Waals surface area contributed by atoms with Gasteiger partial charge < -0.3 is 28.8 Å². The fraction of sp³-hybridized carbons (Fsp3) is 0.385. The third-order valence-electron chi connectivity index (χ3n) is 6.91. The minimum atomic E-state index is -0.830. The molecule has 1 amide bonds. The largest absolute Gasteiger partial charge is 0.513 e. The van der Waals surface area contributed by atoms with E-state index >= 15 is 0 Å². The van der Waals surface area contributed by atoms with Crippen LogP contribution < -0.4 is 10.1 Å². The van der Waals surface area contributed by atoms with Crippen LogP contribution in [0, 0.1) is 0 Å². The van der Waals surface area contributed by atoms with Crippen molar-refractivity contribution < 1.29 is 23.6 Å². The van der Waals surface area contributed by atoms with Crippen LogP contribution in [0.4, 0.5) is 4.79 Å². The maximum absolute atomic E-state index is 13.5. The van der Waals surface area contributed by atoms with Crippen LogP contribution in [-0.2, 0) is 11.3 Å². The number of imidazole rings is 1. The van der Waals surface area contributed by atoms with E-state index in [4.69, 9.17) is 20.9 Å². The molecule has 0 atom stereocenters. The monoisotopic (exact) mass is 555 g/mol. The average molecular weight is 556 g/mol. The van der Waals surface area contributed by atoms with Gasteiger partial charge in [0.05, 0.1) is 33.9 Å². The van der Waals surface area contributed by atoms with E-state index in [0.717, 1.165) is 36.9 Å². The molecule has 38 heavy (non-hydrogen) atoms. The van der Waals surface area contributed by atoms with Gasteiger partial charge in [-0.3, -0.25) is 4.79 Å². The number of hydrogen-bond acceptors (Lipinski definition) is 9. The molecular formula is C26H26ClN5O5S. The quantitative estimate of drug-likeness (QED) is 0.252. The molecule has 0 spiro atoms. The Morgan fingerprint density at radius 1 is 1.16 bits per heavy atom. The van der Waals surface area contributed by atoms with Crippen LogP contribution in [0.15, 0.2) is 40.9 Å². The molecule has 2 aliphatic rings. The van der Waals surface area contributed by atoms with E-state index in [0.29, 0.717) is 26.8 Å². The second kappa shape index (κ2) is 10.4. The normalized spacial score (nSPS) is 16.6. The number of aromatic nitrogens is 3. The van der Waals surface area contributed by atoms with E-state index < -0.39 is 6.16 Å². The Morgan fingerprint density at radius 3 is 2.68 bits per heavy atom. The second-order valence-corrected chi connectivity index (χ2v) is 11.2. The number of carbonyl (C=O) groups is 2. The van der Waals surface area contributed by atoms with Crippen LogP contribution in [0.1, 0.15) is 42.0 Å². The Balaban J connectivity index is 1.27. The van der Waals surface area contributed by atoms with E-state index in [1.807, 2.05) is 12.1 Å². The number of methoxy groups -OCH3 is 1. The number of benzene rings is 1. The predicted octanol–water partition coefficient (Wildman–Crippen LogP) is 4.96. The van der Waals surface area contributed by atoms with Crippen molar-refractivity contribution in [3.05, 3.63) is 52.3 Å². The number of nitrogens with zero attached hydrogens (tertiary/aromatic N) is 4. The lowest BCUT2D eigenvalue weighted by Crippen LogP contribution is -2.45. The van der Waals surface area contributed by atoms with E-state index in [1.54, 1.807) is 28.8 Å². The van der Waals surface area contributed by atoms with Crippen molar-refractivity contribution in [3.63, 3.8) is 0 Å². The fourth-order valence-corrected chi connectivity index (χ4v) is 5.85. The number of nitrogens with one attached hydrogen (secondary N) is 1. The third kappa shape index (κ3) is 5.27. The molecule has 1 aliphatic heterocycles. The van der Waals surface area contributed by atoms with Crippen LogP contribution in [-0.4, -0.2) is 64.0 Å². The first-order chi connectivity index (χ1) is 18.5. The molecule has 4 aromatic rings. The average Bonchev–Trinajstić information content (AvgIpc) is 3.33. The molecule has 2 fully saturated rings. The number of halogens is 1. The van der Waals surface area contributed by atoms with E-state index in [2.05, 4.69) is 25.1 Å². The summed E-state index contributed by atoms with van der Waals surface area (Å²) in [5.74, 6) is 0.869. The van der Waals surface area contributed by atoms with Crippen molar-refractivity contribution in [2.24, 2.45) is 0 Å². The Labute approximate surface area is 227 Å². The summed E-state index contributed by atoms with van der Waals surface area (Å²) in [6.45, 7) is 2.25. The number of ether oxygens (including phenoxy) is 2. The first-order valence-corrected chi connectivity index (χ1v) is 13.7. The van der Waals surface area contributed by atoms with E-state index in [9.17, 15) is 9.59 Å². The smallest absolute Gasteiger partial charge is 0.437 e. The zero-order chi connectivity index (χ0) is 26.2. The molecule has 1 aromatic carbocycles. The molecule has 0 unspecified atom stereocenters. The lowest BCUT2D eigenvalue weighted by atomic mass is 10.0. The molecule has 1 saturated heterocycles. The molecule has 4 heterocycles. The number of rotatable bonds is 7. The van der Waals surface area contributed by atoms with Gasteiger partial charge in [-0.25, -0.2) is 9.78 Å². The number of hydrogen-bond donors (Lipinski definition) is 1. The van der Waals surface area contributed by atoms with Crippen LogP contribution in [0.3, 0.4) is 0 Å². The topological polar surface area (TPSA) is 112 Å². The van der Waals surface area contributed by atoms with Gasteiger partial charge in [-0.1, -0.05) is 16.8 Å². The molecule has 12 heteroatoms. The highest BCUT2D eigenvalue weighted by Crippen LogP contribution is 2.32. The third-order valence-corrected chi connectivity index (χ3v) is 8.16. The van der Waals surface area contributed by atoms with Crippen molar-refractivity contribution in [2.45, 2.75) is 44.3 Å². The van der Waals surface area contributed by atoms with Gasteiger partial charge in [0.15, 0.2) is 11.6 Å². The molecule has 0 bridgehead atoms. The molecule has 1 aliphatic carbocycles. The molecule has 1 saturated carbocycles. The van der Waals surface area contributed by atoms with Crippen molar-refractivity contribution in [1.29, 1.82) is 0 Å². The molecule has 1 N–H and O–H groups in total. The number of carbonyl (C=O) groups excluding carboxylic acids is 2. The SMILES string of the molecule is COC(=O)Oc1ccc2c(c1)nc(C(=O)NC1CCN(C3CC3)CC1)n2Cc1cc(-c2ccc(Cl)s2)on1. The van der Waals surface area contributed by atoms with Gasteiger partial charge in [-0.15, -0.1) is 11.3 Å². The Morgan fingerprint density at radius 2 is 1.97 bits per heavy atom. The van der Waals surface area contributed by atoms with Gasteiger partial charge in [-0.2, -0.15) is 0 Å². The van der Waals surface area contributed by atoms with Gasteiger partial charge in [-0.05, 0) is 49.9 Å². The maximum atomic E-state index is 13.5. The van der Waals surface area contributed by atoms with Crippen LogP contribution >= 0.6 is 22.9 Å². The summed E-state index contributed by atoms with van der Waals surface area (Å²) in [6.07, 6.45) is 3.56. The highest BCUT2D eigenvalue weighted by atomic mass is 35.5. The molecule has 0 radical (unpaired) electrons. The van der Waals surface area contributed by atoms with Crippen LogP contribution in [0.5, 0.6) is 5.75 Å². The number of thiophene rings is 1. The predicted molar refractivity (Wildman–Crippen MR) is 142 cm³/mol. The Bertz CT molecular complexity index is 1480. The molecule has 3 aromatic heterocycles. The highest BCUT2D eigenvalue weighted by Gasteiger charge is 2.32. The number of fused-ring (bicyclic) bond motifs is 1. The molecular weight excluding hydrogens is 530 g/mol. The summed E-state index contributed by atoms with van der Waals surface area (Å²) in [7, 11) is 1.24. The summed E-state index contributed by atoms with van der Waals surface area (Å²) in [6, 6.07) is 11.3. The fourth-order valence-electron chi connectivity index (χ4n) is 4.85. The zero-order valence-electron chi connectivity index (χ0n) is 20.7. The van der Waals surface area contributed by atoms with Crippen molar-refractivity contribution in [3.8, 4) is 16.4 Å². The molecule has 198 valence electrons. The first kappa shape index (κ1) is 24.9. The van der Waals surface area contributed by atoms with Gasteiger partial charge in [0, 0.05) is 37.3 Å². The van der Waals surface area contributed by atoms with Gasteiger partial charge >= 0.3 is 6.16 Å². The standard InChI is InChI=1S/C26H26ClN5O5S/c1-35-26(34)36-18-4-5-20-19(13-18)29-24(25(33)28-15-8-10-31(11-9-15)17-2-3-17)32(20)14-16-12-21(37-30-16)22-6-7-23(27)38-22/h4-7,12-13,15,17H,2-3,8-11,14H2,1H3,(H,28,33). The summed E-state index contributed by atoms with van der Waals surface area (Å²) < 4.78 is 17.7.